The number of pyridine rings is 2. The van der Waals surface area contributed by atoms with Crippen molar-refractivity contribution >= 4 is 23.9 Å². The predicted molar refractivity (Wildman–Crippen MR) is 360 cm³/mol. The third kappa shape index (κ3) is 21.8. The monoisotopic (exact) mass is 1420 g/mol. The first-order chi connectivity index (χ1) is 49.2. The van der Waals surface area contributed by atoms with Crippen LogP contribution in [-0.2, 0) is 40.8 Å². The van der Waals surface area contributed by atoms with E-state index >= 15 is 0 Å². The summed E-state index contributed by atoms with van der Waals surface area (Å²) in [6.07, 6.45) is -5.22. The van der Waals surface area contributed by atoms with E-state index in [9.17, 15) is 65.6 Å². The van der Waals surface area contributed by atoms with Gasteiger partial charge in [-0.25, -0.2) is 19.0 Å². The summed E-state index contributed by atoms with van der Waals surface area (Å²) in [5, 5.41) is 43.5. The maximum Gasteiger partial charge on any atom is 0.416 e. The largest absolute Gasteiger partial charge is 0.416 e. The highest BCUT2D eigenvalue weighted by Crippen LogP contribution is 2.34. The topological polar surface area (TPSA) is 323 Å². The number of amides is 6. The minimum atomic E-state index is -4.70. The number of rotatable bonds is 37. The van der Waals surface area contributed by atoms with Gasteiger partial charge in [-0.05, 0) is 136 Å². The number of nitriles is 2. The highest BCUT2D eigenvalue weighted by molar-refractivity contribution is 5.96. The fourth-order valence-corrected chi connectivity index (χ4v) is 10.3. The van der Waals surface area contributed by atoms with Crippen molar-refractivity contribution in [1.29, 1.82) is 10.5 Å². The predicted octanol–water partition coefficient (Wildman–Crippen LogP) is 7.73. The van der Waals surface area contributed by atoms with Gasteiger partial charge in [0, 0.05) is 73.2 Å². The molecule has 0 saturated carbocycles. The molecule has 0 fully saturated rings. The molecule has 0 unspecified atom stereocenters. The smallest absolute Gasteiger partial charge is 0.377 e. The van der Waals surface area contributed by atoms with E-state index < -0.39 is 46.4 Å². The van der Waals surface area contributed by atoms with Crippen molar-refractivity contribution in [3.8, 4) is 57.4 Å². The number of alkyl halides is 6. The van der Waals surface area contributed by atoms with Gasteiger partial charge in [0.05, 0.1) is 149 Å². The van der Waals surface area contributed by atoms with Crippen LogP contribution in [0.15, 0.2) is 143 Å². The number of hydrogen-bond acceptors (Lipinski definition) is 16. The first-order valence-electron chi connectivity index (χ1n) is 32.2. The number of urea groups is 2. The van der Waals surface area contributed by atoms with Crippen molar-refractivity contribution in [2.75, 3.05) is 119 Å². The van der Waals surface area contributed by atoms with Crippen molar-refractivity contribution in [3.05, 3.63) is 199 Å². The normalized spacial score (nSPS) is 11.4. The second-order valence-corrected chi connectivity index (χ2v) is 22.3. The van der Waals surface area contributed by atoms with Crippen LogP contribution in [-0.4, -0.2) is 171 Å². The van der Waals surface area contributed by atoms with Gasteiger partial charge in [-0.3, -0.25) is 28.3 Å². The van der Waals surface area contributed by atoms with Crippen LogP contribution in [0.2, 0.25) is 0 Å². The minimum absolute atomic E-state index is 0.0164. The van der Waals surface area contributed by atoms with Crippen LogP contribution in [0, 0.1) is 36.5 Å². The zero-order valence-corrected chi connectivity index (χ0v) is 55.6. The second kappa shape index (κ2) is 38.0. The molecule has 0 atom stereocenters. The van der Waals surface area contributed by atoms with Gasteiger partial charge >= 0.3 is 24.4 Å². The molecule has 8 rings (SSSR count). The number of nitrogens with zero attached hydrogens (tertiary/aromatic N) is 8. The quantitative estimate of drug-likeness (QED) is 0.0160. The van der Waals surface area contributed by atoms with Gasteiger partial charge in [-0.15, -0.1) is 0 Å². The Hall–Kier alpha value is -11.0. The average molecular weight is 1420 g/mol. The summed E-state index contributed by atoms with van der Waals surface area (Å²) in [4.78, 5) is 79.6. The zero-order chi connectivity index (χ0) is 73.0. The van der Waals surface area contributed by atoms with Crippen LogP contribution in [0.1, 0.15) is 67.2 Å². The Labute approximate surface area is 581 Å². The van der Waals surface area contributed by atoms with E-state index in [0.29, 0.717) is 70.9 Å². The van der Waals surface area contributed by atoms with Crippen molar-refractivity contribution in [2.45, 2.75) is 39.0 Å². The van der Waals surface area contributed by atoms with Gasteiger partial charge in [0.25, 0.3) is 22.9 Å². The Morgan fingerprint density at radius 1 is 0.422 bits per heavy atom. The van der Waals surface area contributed by atoms with Crippen LogP contribution >= 0.6 is 0 Å². The number of carbonyl (C=O) groups is 4. The Kier molecular flexibility index (Phi) is 28.6. The van der Waals surface area contributed by atoms with Crippen LogP contribution in [0.3, 0.4) is 0 Å². The highest BCUT2D eigenvalue weighted by atomic mass is 19.4. The standard InChI is InChI=1S/C70H74F6N14O12/c1-47-57(61-19-23-85-89(61)53-15-11-49(45-77)12-16-53)43-59(65(93)87(47)55-9-5-7-51(41-55)69(71,72)73)63(91)79-25-29-97-33-37-101-39-35-99-31-27-83-67(95)81-21-3-4-22-82-68(96)84-28-32-100-36-40-102-38-34-98-30-26-80-64(92)60-44-58(62-20-24-86-90(62)54-17-13-50(46-78)14-18-54)48(2)88(66(60)94)56-10-6-8-52(42-56)70(74,75)76/h5-20,23-24,41-44H,3-4,21-22,25-40H2,1-2H3,(H,79,91)(H,80,92)(H2,81,83,95)(H2,82,84,96). The lowest BCUT2D eigenvalue weighted by molar-refractivity contribution is -0.138. The number of unbranched alkanes of at least 4 members (excludes halogenated alkanes) is 1. The lowest BCUT2D eigenvalue weighted by Crippen LogP contribution is -2.39. The summed E-state index contributed by atoms with van der Waals surface area (Å²) in [5.74, 6) is -1.57. The van der Waals surface area contributed by atoms with Gasteiger partial charge < -0.3 is 60.3 Å². The molecule has 0 aliphatic rings. The van der Waals surface area contributed by atoms with E-state index in [-0.39, 0.29) is 151 Å². The first-order valence-corrected chi connectivity index (χ1v) is 32.2. The SMILES string of the molecule is Cc1c(-c2ccnn2-c2ccc(C#N)cc2)cc(C(=O)NCCOCCOCCOCCNC(=O)NCCCCNC(=O)NCCOCCOCCOCCNC(=O)c2cc(-c3ccnn3-c3ccc(C#N)cc3)c(C)n(-c3cccc(C(F)(F)F)c3)c2=O)c(=O)n1-c1cccc(C(F)(F)F)c1. The van der Waals surface area contributed by atoms with E-state index in [0.717, 1.165) is 33.4 Å². The maximum atomic E-state index is 14.0. The van der Waals surface area contributed by atoms with Crippen molar-refractivity contribution in [3.63, 3.8) is 0 Å². The summed E-state index contributed by atoms with van der Waals surface area (Å²) in [5.41, 5.74) is -0.617. The Morgan fingerprint density at radius 2 is 0.745 bits per heavy atom. The van der Waals surface area contributed by atoms with Gasteiger partial charge in [0.15, 0.2) is 0 Å². The number of hydrogen-bond donors (Lipinski definition) is 6. The number of nitrogens with one attached hydrogen (secondary N) is 6. The van der Waals surface area contributed by atoms with Crippen molar-refractivity contribution < 1.29 is 73.9 Å². The molecule has 26 nitrogen and oxygen atoms in total. The molecule has 538 valence electrons. The summed E-state index contributed by atoms with van der Waals surface area (Å²) in [6, 6.07) is 30.8. The molecule has 0 bridgehead atoms. The Morgan fingerprint density at radius 3 is 1.08 bits per heavy atom. The fourth-order valence-electron chi connectivity index (χ4n) is 10.3. The lowest BCUT2D eigenvalue weighted by atomic mass is 10.0. The molecule has 4 heterocycles. The zero-order valence-electron chi connectivity index (χ0n) is 55.6. The molecule has 0 spiro atoms. The first kappa shape index (κ1) is 76.7. The van der Waals surface area contributed by atoms with Gasteiger partial charge in [-0.2, -0.15) is 47.1 Å². The van der Waals surface area contributed by atoms with E-state index in [2.05, 4.69) is 42.1 Å². The number of benzene rings is 4. The van der Waals surface area contributed by atoms with Crippen LogP contribution in [0.4, 0.5) is 35.9 Å². The van der Waals surface area contributed by atoms with Crippen LogP contribution in [0.5, 0.6) is 0 Å². The number of ether oxygens (including phenoxy) is 6. The summed E-state index contributed by atoms with van der Waals surface area (Å²) < 4.78 is 121. The van der Waals surface area contributed by atoms with Crippen molar-refractivity contribution in [2.24, 2.45) is 0 Å². The number of carbonyl (C=O) groups excluding carboxylic acids is 4. The highest BCUT2D eigenvalue weighted by Gasteiger charge is 2.33. The molecule has 0 saturated heterocycles. The van der Waals surface area contributed by atoms with E-state index in [1.807, 2.05) is 12.1 Å². The molecule has 4 aromatic heterocycles. The van der Waals surface area contributed by atoms with E-state index in [1.54, 1.807) is 74.5 Å². The van der Waals surface area contributed by atoms with Crippen LogP contribution in [0.25, 0.3) is 45.3 Å². The lowest BCUT2D eigenvalue weighted by Gasteiger charge is -2.19. The average Bonchev–Trinajstić information content (AvgIpc) is 1.26. The molecule has 0 aliphatic carbocycles. The Bertz CT molecular complexity index is 4080. The maximum absolute atomic E-state index is 14.0. The number of aromatic nitrogens is 6. The molecule has 6 amide bonds. The molecule has 32 heteroatoms. The molecule has 102 heavy (non-hydrogen) atoms. The minimum Gasteiger partial charge on any atom is -0.377 e. The third-order valence-electron chi connectivity index (χ3n) is 15.4. The van der Waals surface area contributed by atoms with E-state index in [1.165, 1.54) is 58.2 Å². The van der Waals surface area contributed by atoms with Gasteiger partial charge in [0.2, 0.25) is 0 Å². The summed E-state index contributed by atoms with van der Waals surface area (Å²) in [7, 11) is 0. The molecular formula is C70H74F6N14O12. The van der Waals surface area contributed by atoms with Crippen LogP contribution < -0.4 is 43.0 Å². The van der Waals surface area contributed by atoms with Gasteiger partial charge in [0.1, 0.15) is 11.1 Å². The second-order valence-electron chi connectivity index (χ2n) is 22.3. The van der Waals surface area contributed by atoms with E-state index in [4.69, 9.17) is 28.4 Å². The number of halogens is 6. The Balaban J connectivity index is 0.615. The van der Waals surface area contributed by atoms with Gasteiger partial charge in [-0.1, -0.05) is 12.1 Å². The summed E-state index contributed by atoms with van der Waals surface area (Å²) in [6.45, 7) is 6.47. The summed E-state index contributed by atoms with van der Waals surface area (Å²) >= 11 is 0. The fraction of sp³-hybridized carbons (Fsp3) is 0.343. The third-order valence-corrected chi connectivity index (χ3v) is 15.4. The molecule has 0 radical (unpaired) electrons. The molecule has 0 aliphatic heterocycles. The molecular weight excluding hydrogens is 1340 g/mol. The molecule has 4 aromatic carbocycles. The molecule has 8 aromatic rings. The van der Waals surface area contributed by atoms with Crippen molar-refractivity contribution in [1.82, 2.24) is 60.6 Å². The molecule has 6 N–H and O–H groups in total.